The SMILES string of the molecule is C[C](C)=[Zr+2][C]1(C2C=C(CCO)c3ccccc32)C=Cc2ccccc21.[Cl-].[Cl-]. The van der Waals surface area contributed by atoms with Crippen LogP contribution in [-0.2, 0) is 25.9 Å². The molecule has 2 aliphatic rings. The third kappa shape index (κ3) is 3.87. The molecule has 2 aromatic rings. The zero-order chi connectivity index (χ0) is 17.4. The zero-order valence-electron chi connectivity index (χ0n) is 15.5. The van der Waals surface area contributed by atoms with Crippen molar-refractivity contribution >= 4 is 14.9 Å². The van der Waals surface area contributed by atoms with Crippen LogP contribution in [0.15, 0.2) is 60.7 Å². The van der Waals surface area contributed by atoms with E-state index < -0.39 is 22.8 Å². The van der Waals surface area contributed by atoms with Gasteiger partial charge in [-0.2, -0.15) is 0 Å². The second kappa shape index (κ2) is 9.14. The van der Waals surface area contributed by atoms with Gasteiger partial charge in [-0.25, -0.2) is 0 Å². The average molecular weight is 478 g/mol. The standard InChI is InChI=1S/C20H17O.C3H6.2ClH.Zr/c21-12-11-15-13-20(18-8-4-3-7-17(15)18)19-10-9-14-5-1-2-6-16(14)19;1-3-2;;;/h1-10,13,20-21H,11-12H2;1-2H3;2*1H;/q;;;;+2/p-2. The molecule has 0 spiro atoms. The molecule has 2 aliphatic carbocycles. The smallest absolute Gasteiger partial charge is 1.00 e. The summed E-state index contributed by atoms with van der Waals surface area (Å²) < 4.78 is 1.76. The third-order valence-electron chi connectivity index (χ3n) is 5.27. The van der Waals surface area contributed by atoms with Crippen molar-refractivity contribution < 1.29 is 52.7 Å². The van der Waals surface area contributed by atoms with Crippen LogP contribution in [-0.4, -0.2) is 14.9 Å². The van der Waals surface area contributed by atoms with Gasteiger partial charge in [0.2, 0.25) is 0 Å². The number of aliphatic hydroxyl groups excluding tert-OH is 1. The van der Waals surface area contributed by atoms with Crippen LogP contribution in [0, 0.1) is 0 Å². The molecule has 2 aromatic carbocycles. The first-order valence-electron chi connectivity index (χ1n) is 8.93. The Morgan fingerprint density at radius 3 is 2.48 bits per heavy atom. The van der Waals surface area contributed by atoms with Crippen molar-refractivity contribution in [3.8, 4) is 0 Å². The van der Waals surface area contributed by atoms with Gasteiger partial charge in [-0.3, -0.25) is 0 Å². The van der Waals surface area contributed by atoms with Gasteiger partial charge in [0, 0.05) is 0 Å². The van der Waals surface area contributed by atoms with Crippen molar-refractivity contribution in [3.05, 3.63) is 82.9 Å². The van der Waals surface area contributed by atoms with E-state index in [1.807, 2.05) is 0 Å². The van der Waals surface area contributed by atoms with Gasteiger partial charge in [-0.05, 0) is 0 Å². The van der Waals surface area contributed by atoms with Gasteiger partial charge in [-0.1, -0.05) is 0 Å². The molecule has 1 nitrogen and oxygen atoms in total. The molecule has 0 aromatic heterocycles. The minimum absolute atomic E-state index is 0. The number of hydrogen-bond acceptors (Lipinski definition) is 1. The molecule has 0 radical (unpaired) electrons. The summed E-state index contributed by atoms with van der Waals surface area (Å²) in [5.41, 5.74) is 6.98. The van der Waals surface area contributed by atoms with Crippen molar-refractivity contribution in [1.29, 1.82) is 0 Å². The number of fused-ring (bicyclic) bond motifs is 2. The second-order valence-electron chi connectivity index (χ2n) is 7.15. The first-order valence-corrected chi connectivity index (χ1v) is 11.4. The molecule has 2 atom stereocenters. The van der Waals surface area contributed by atoms with Gasteiger partial charge >= 0.3 is 162 Å². The van der Waals surface area contributed by atoms with Crippen molar-refractivity contribution in [2.24, 2.45) is 0 Å². The number of benzene rings is 2. The van der Waals surface area contributed by atoms with Crippen molar-refractivity contribution in [2.45, 2.75) is 29.3 Å². The molecule has 0 aliphatic heterocycles. The number of aliphatic hydroxyl groups is 1. The summed E-state index contributed by atoms with van der Waals surface area (Å²) in [4.78, 5) is 0. The summed E-state index contributed by atoms with van der Waals surface area (Å²) in [5.74, 6) is 0.395. The van der Waals surface area contributed by atoms with Crippen LogP contribution in [0.2, 0.25) is 0 Å². The fourth-order valence-electron chi connectivity index (χ4n) is 4.36. The van der Waals surface area contributed by atoms with E-state index in [0.717, 1.165) is 6.42 Å². The van der Waals surface area contributed by atoms with Crippen molar-refractivity contribution in [3.63, 3.8) is 0 Å². The van der Waals surface area contributed by atoms with Crippen LogP contribution in [0.1, 0.15) is 48.4 Å². The number of halogens is 2. The molecule has 1 N–H and O–H groups in total. The van der Waals surface area contributed by atoms with Gasteiger partial charge in [0.15, 0.2) is 0 Å². The van der Waals surface area contributed by atoms with Crippen LogP contribution < -0.4 is 24.8 Å². The van der Waals surface area contributed by atoms with Crippen LogP contribution in [0.25, 0.3) is 11.6 Å². The minimum Gasteiger partial charge on any atom is -1.00 e. The average Bonchev–Trinajstić information content (AvgIpc) is 3.16. The maximum absolute atomic E-state index is 9.52. The summed E-state index contributed by atoms with van der Waals surface area (Å²) in [6, 6.07) is 17.7. The Labute approximate surface area is 185 Å². The maximum Gasteiger partial charge on any atom is -1.00 e. The Morgan fingerprint density at radius 2 is 1.74 bits per heavy atom. The molecule has 0 heterocycles. The van der Waals surface area contributed by atoms with E-state index in [4.69, 9.17) is 0 Å². The number of rotatable bonds is 4. The van der Waals surface area contributed by atoms with E-state index in [1.165, 1.54) is 27.8 Å². The van der Waals surface area contributed by atoms with Crippen molar-refractivity contribution in [1.82, 2.24) is 0 Å². The van der Waals surface area contributed by atoms with E-state index in [2.05, 4.69) is 80.6 Å². The van der Waals surface area contributed by atoms with E-state index in [-0.39, 0.29) is 34.5 Å². The molecule has 0 bridgehead atoms. The Bertz CT molecular complexity index is 912. The quantitative estimate of drug-likeness (QED) is 0.585. The Balaban J connectivity index is 0.00000131. The van der Waals surface area contributed by atoms with E-state index in [1.54, 1.807) is 3.21 Å². The van der Waals surface area contributed by atoms with Crippen molar-refractivity contribution in [2.75, 3.05) is 6.61 Å². The molecule has 0 amide bonds. The summed E-state index contributed by atoms with van der Waals surface area (Å²) >= 11 is -0.816. The van der Waals surface area contributed by atoms with Gasteiger partial charge in [0.05, 0.1) is 0 Å². The van der Waals surface area contributed by atoms with E-state index >= 15 is 0 Å². The molecule has 4 rings (SSSR count). The molecule has 2 unspecified atom stereocenters. The Morgan fingerprint density at radius 1 is 1.04 bits per heavy atom. The van der Waals surface area contributed by atoms with Crippen LogP contribution in [0.4, 0.5) is 0 Å². The molecule has 0 saturated heterocycles. The predicted molar refractivity (Wildman–Crippen MR) is 102 cm³/mol. The first-order chi connectivity index (χ1) is 12.2. The van der Waals surface area contributed by atoms with Crippen LogP contribution in [0.5, 0.6) is 0 Å². The topological polar surface area (TPSA) is 20.2 Å². The van der Waals surface area contributed by atoms with Gasteiger partial charge in [0.25, 0.3) is 0 Å². The molecule has 0 saturated carbocycles. The summed E-state index contributed by atoms with van der Waals surface area (Å²) in [6.07, 6.45) is 8.03. The normalized spacial score (nSPS) is 21.3. The summed E-state index contributed by atoms with van der Waals surface area (Å²) in [6.45, 7) is 4.83. The second-order valence-corrected chi connectivity index (χ2v) is 12.3. The molecule has 4 heteroatoms. The fourth-order valence-corrected chi connectivity index (χ4v) is 8.66. The van der Waals surface area contributed by atoms with Gasteiger partial charge in [-0.15, -0.1) is 0 Å². The summed E-state index contributed by atoms with van der Waals surface area (Å²) in [5, 5.41) is 9.52. The molecular formula is C23H23Cl2OZr. The number of hydrogen-bond donors (Lipinski definition) is 1. The van der Waals surface area contributed by atoms with Crippen LogP contribution in [0.3, 0.4) is 0 Å². The van der Waals surface area contributed by atoms with E-state index in [0.29, 0.717) is 5.92 Å². The molecular weight excluding hydrogens is 454 g/mol. The summed E-state index contributed by atoms with van der Waals surface area (Å²) in [7, 11) is 0. The molecule has 0 fully saturated rings. The van der Waals surface area contributed by atoms with Gasteiger partial charge in [0.1, 0.15) is 0 Å². The molecule has 27 heavy (non-hydrogen) atoms. The first kappa shape index (κ1) is 22.5. The monoisotopic (exact) mass is 475 g/mol. The largest absolute Gasteiger partial charge is 1.00 e. The minimum atomic E-state index is -0.816. The van der Waals surface area contributed by atoms with E-state index in [9.17, 15) is 5.11 Å². The Hall–Kier alpha value is -0.787. The fraction of sp³-hybridized carbons (Fsp3) is 0.261. The third-order valence-corrected chi connectivity index (χ3v) is 9.35. The Kier molecular flexibility index (Phi) is 7.62. The zero-order valence-corrected chi connectivity index (χ0v) is 19.5. The number of allylic oxidation sites excluding steroid dienone is 2. The predicted octanol–water partition coefficient (Wildman–Crippen LogP) is -1.23. The maximum atomic E-state index is 9.52. The van der Waals surface area contributed by atoms with Gasteiger partial charge < -0.3 is 24.8 Å². The molecule has 139 valence electrons. The van der Waals surface area contributed by atoms with Crippen LogP contribution >= 0.6 is 0 Å².